The standard InChI is InChI=1S/C5H6F3NO2S2/c6-5(7,8)2-1-3-11-4(10)9(12)13/h1-2,12-13H,3H2. The van der Waals surface area contributed by atoms with Gasteiger partial charge in [-0.25, -0.2) is 4.79 Å². The van der Waals surface area contributed by atoms with Gasteiger partial charge in [-0.3, -0.25) is 0 Å². The molecule has 3 nitrogen and oxygen atoms in total. The van der Waals surface area contributed by atoms with E-state index in [1.807, 2.05) is 0 Å². The summed E-state index contributed by atoms with van der Waals surface area (Å²) in [6.45, 7) is -0.476. The Morgan fingerprint density at radius 2 is 2.00 bits per heavy atom. The molecule has 0 spiro atoms. The van der Waals surface area contributed by atoms with Gasteiger partial charge >= 0.3 is 12.3 Å². The van der Waals surface area contributed by atoms with Gasteiger partial charge in [-0.05, 0) is 31.7 Å². The number of carbonyl (C=O) groups excluding carboxylic acids is 1. The molecule has 0 rings (SSSR count). The molecule has 1 amide bonds. The van der Waals surface area contributed by atoms with Gasteiger partial charge in [0.1, 0.15) is 6.61 Å². The second kappa shape index (κ2) is 5.28. The lowest BCUT2D eigenvalue weighted by Crippen LogP contribution is -2.13. The zero-order valence-electron chi connectivity index (χ0n) is 6.15. The maximum absolute atomic E-state index is 11.5. The Kier molecular flexibility index (Phi) is 5.07. The van der Waals surface area contributed by atoms with E-state index in [0.717, 1.165) is 0 Å². The Morgan fingerprint density at radius 3 is 2.38 bits per heavy atom. The normalized spacial score (nSPS) is 11.8. The van der Waals surface area contributed by atoms with Gasteiger partial charge < -0.3 is 4.74 Å². The lowest BCUT2D eigenvalue weighted by atomic mass is 10.5. The van der Waals surface area contributed by atoms with Crippen LogP contribution in [0.1, 0.15) is 0 Å². The first-order chi connectivity index (χ1) is 5.83. The minimum atomic E-state index is -4.39. The summed E-state index contributed by atoms with van der Waals surface area (Å²) in [5.74, 6) is 0. The highest BCUT2D eigenvalue weighted by atomic mass is 32.2. The smallest absolute Gasteiger partial charge is 0.430 e. The highest BCUT2D eigenvalue weighted by Gasteiger charge is 2.21. The quantitative estimate of drug-likeness (QED) is 0.566. The van der Waals surface area contributed by atoms with Crippen LogP contribution in [-0.2, 0) is 4.74 Å². The topological polar surface area (TPSA) is 29.5 Å². The first-order valence-electron chi connectivity index (χ1n) is 2.92. The maximum atomic E-state index is 11.5. The van der Waals surface area contributed by atoms with Gasteiger partial charge in [-0.15, -0.1) is 0 Å². The lowest BCUT2D eigenvalue weighted by molar-refractivity contribution is -0.0802. The van der Waals surface area contributed by atoms with E-state index in [-0.39, 0.29) is 6.08 Å². The van der Waals surface area contributed by atoms with Crippen LogP contribution in [0.15, 0.2) is 12.2 Å². The molecular weight excluding hydrogens is 227 g/mol. The number of alkyl halides is 3. The minimum Gasteiger partial charge on any atom is -0.444 e. The molecule has 0 aromatic carbocycles. The number of hydrogen-bond donors (Lipinski definition) is 2. The molecule has 0 unspecified atom stereocenters. The molecule has 0 N–H and O–H groups in total. The number of hydrogen-bond acceptors (Lipinski definition) is 4. The van der Waals surface area contributed by atoms with Gasteiger partial charge in [-0.2, -0.15) is 16.9 Å². The predicted molar refractivity (Wildman–Crippen MR) is 46.4 cm³/mol. The number of amides is 1. The average Bonchev–Trinajstić information content (AvgIpc) is 1.95. The van der Waals surface area contributed by atoms with Crippen molar-refractivity contribution >= 4 is 31.7 Å². The molecule has 0 aliphatic rings. The van der Waals surface area contributed by atoms with E-state index in [4.69, 9.17) is 0 Å². The Morgan fingerprint density at radius 1 is 1.46 bits per heavy atom. The number of halogens is 3. The fourth-order valence-electron chi connectivity index (χ4n) is 0.359. The van der Waals surface area contributed by atoms with Crippen LogP contribution in [0.2, 0.25) is 0 Å². The molecule has 76 valence electrons. The fourth-order valence-corrected chi connectivity index (χ4v) is 0.474. The summed E-state index contributed by atoms with van der Waals surface area (Å²) < 4.78 is 39.2. The highest BCUT2D eigenvalue weighted by Crippen LogP contribution is 2.15. The number of thiol groups is 2. The average molecular weight is 233 g/mol. The van der Waals surface area contributed by atoms with Gasteiger partial charge in [0.05, 0.1) is 0 Å². The largest absolute Gasteiger partial charge is 0.444 e. The van der Waals surface area contributed by atoms with E-state index in [1.165, 1.54) is 0 Å². The van der Waals surface area contributed by atoms with Crippen LogP contribution in [0.5, 0.6) is 0 Å². The molecule has 0 aliphatic carbocycles. The number of nitrogens with zero attached hydrogens (tertiary/aromatic N) is 1. The van der Waals surface area contributed by atoms with Crippen molar-refractivity contribution in [2.24, 2.45) is 0 Å². The Bertz CT molecular complexity index is 204. The molecule has 0 saturated heterocycles. The molecule has 8 heteroatoms. The van der Waals surface area contributed by atoms with E-state index in [9.17, 15) is 18.0 Å². The number of rotatable bonds is 2. The van der Waals surface area contributed by atoms with Crippen molar-refractivity contribution in [1.29, 1.82) is 0 Å². The number of allylic oxidation sites excluding steroid dienone is 1. The third-order valence-electron chi connectivity index (χ3n) is 0.773. The van der Waals surface area contributed by atoms with Crippen LogP contribution >= 0.6 is 25.6 Å². The Labute approximate surface area is 83.6 Å². The van der Waals surface area contributed by atoms with Crippen molar-refractivity contribution in [3.05, 3.63) is 12.2 Å². The lowest BCUT2D eigenvalue weighted by Gasteiger charge is -2.06. The molecular formula is C5H6F3NO2S2. The molecule has 0 radical (unpaired) electrons. The Balaban J connectivity index is 3.69. The summed E-state index contributed by atoms with van der Waals surface area (Å²) in [4.78, 5) is 10.5. The van der Waals surface area contributed by atoms with Crippen molar-refractivity contribution in [1.82, 2.24) is 3.71 Å². The summed E-state index contributed by atoms with van der Waals surface area (Å²) in [5, 5.41) is 0. The Hall–Kier alpha value is -0.500. The van der Waals surface area contributed by atoms with E-state index in [2.05, 4.69) is 30.4 Å². The monoisotopic (exact) mass is 233 g/mol. The number of ether oxygens (including phenoxy) is 1. The second-order valence-corrected chi connectivity index (χ2v) is 2.93. The molecule has 0 saturated carbocycles. The first-order valence-corrected chi connectivity index (χ1v) is 3.72. The van der Waals surface area contributed by atoms with Gasteiger partial charge in [0.15, 0.2) is 0 Å². The van der Waals surface area contributed by atoms with E-state index in [1.54, 1.807) is 0 Å². The summed E-state index contributed by atoms with van der Waals surface area (Å²) in [6, 6.07) is 0. The van der Waals surface area contributed by atoms with E-state index in [0.29, 0.717) is 9.79 Å². The van der Waals surface area contributed by atoms with Gasteiger partial charge in [0.25, 0.3) is 0 Å². The van der Waals surface area contributed by atoms with Crippen LogP contribution < -0.4 is 0 Å². The number of carbonyl (C=O) groups is 1. The molecule has 0 aromatic heterocycles. The van der Waals surface area contributed by atoms with Gasteiger partial charge in [0, 0.05) is 6.08 Å². The molecule has 0 aromatic rings. The zero-order valence-corrected chi connectivity index (χ0v) is 7.94. The van der Waals surface area contributed by atoms with Gasteiger partial charge in [0.2, 0.25) is 0 Å². The molecule has 0 heterocycles. The fraction of sp³-hybridized carbons (Fsp3) is 0.400. The molecule has 0 bridgehead atoms. The third-order valence-corrected chi connectivity index (χ3v) is 1.10. The van der Waals surface area contributed by atoms with Crippen molar-refractivity contribution in [2.75, 3.05) is 6.61 Å². The highest BCUT2D eigenvalue weighted by molar-refractivity contribution is 7.94. The summed E-state index contributed by atoms with van der Waals surface area (Å²) in [5.41, 5.74) is 0. The van der Waals surface area contributed by atoms with Crippen molar-refractivity contribution in [3.63, 3.8) is 0 Å². The van der Waals surface area contributed by atoms with Crippen LogP contribution in [0.25, 0.3) is 0 Å². The van der Waals surface area contributed by atoms with Crippen molar-refractivity contribution in [2.45, 2.75) is 6.18 Å². The molecule has 13 heavy (non-hydrogen) atoms. The SMILES string of the molecule is O=C(OCC=CC(F)(F)F)N(S)S. The zero-order chi connectivity index (χ0) is 10.5. The predicted octanol–water partition coefficient (Wildman–Crippen LogP) is 2.23. The first kappa shape index (κ1) is 12.5. The van der Waals surface area contributed by atoms with Crippen LogP contribution in [0.3, 0.4) is 0 Å². The van der Waals surface area contributed by atoms with Crippen LogP contribution in [0, 0.1) is 0 Å². The maximum Gasteiger partial charge on any atom is 0.430 e. The summed E-state index contributed by atoms with van der Waals surface area (Å²) in [7, 11) is 0. The molecule has 0 atom stereocenters. The van der Waals surface area contributed by atoms with Crippen molar-refractivity contribution in [3.8, 4) is 0 Å². The van der Waals surface area contributed by atoms with Gasteiger partial charge in [-0.1, -0.05) is 0 Å². The second-order valence-electron chi connectivity index (χ2n) is 1.81. The van der Waals surface area contributed by atoms with Crippen LogP contribution in [-0.4, -0.2) is 22.6 Å². The van der Waals surface area contributed by atoms with Crippen LogP contribution in [0.4, 0.5) is 18.0 Å². The summed E-state index contributed by atoms with van der Waals surface area (Å²) >= 11 is 6.86. The summed E-state index contributed by atoms with van der Waals surface area (Å²) in [6.07, 6.45) is -4.70. The molecule has 0 aliphatic heterocycles. The molecule has 0 fully saturated rings. The minimum absolute atomic E-state index is 0.0261. The van der Waals surface area contributed by atoms with E-state index < -0.39 is 18.9 Å². The van der Waals surface area contributed by atoms with Crippen molar-refractivity contribution < 1.29 is 22.7 Å². The third kappa shape index (κ3) is 7.85. The van der Waals surface area contributed by atoms with E-state index >= 15 is 0 Å².